The fourth-order valence-corrected chi connectivity index (χ4v) is 3.38. The standard InChI is InChI=1S/C20H19NO4S/c1-12-18(16-6-4-5-7-17(16)21-12)19(22)13(2)25-20(23)14-8-10-15(11-9-14)26(3)24/h4-11,13,21H,1-3H3/t13-,26+/m1/s1. The number of hydrogen-bond acceptors (Lipinski definition) is 4. The first-order chi connectivity index (χ1) is 12.4. The van der Waals surface area contributed by atoms with Crippen molar-refractivity contribution in [2.75, 3.05) is 6.26 Å². The number of hydrogen-bond donors (Lipinski definition) is 1. The Morgan fingerprint density at radius 2 is 1.73 bits per heavy atom. The summed E-state index contributed by atoms with van der Waals surface area (Å²) in [6, 6.07) is 13.8. The van der Waals surface area contributed by atoms with E-state index in [1.165, 1.54) is 0 Å². The van der Waals surface area contributed by atoms with E-state index in [4.69, 9.17) is 4.74 Å². The minimum Gasteiger partial charge on any atom is -0.451 e. The Morgan fingerprint density at radius 3 is 2.38 bits per heavy atom. The molecule has 1 N–H and O–H groups in total. The summed E-state index contributed by atoms with van der Waals surface area (Å²) in [5.74, 6) is -0.837. The first-order valence-electron chi connectivity index (χ1n) is 8.14. The number of benzene rings is 2. The molecule has 2 atom stereocenters. The minimum atomic E-state index is -1.11. The fraction of sp³-hybridized carbons (Fsp3) is 0.200. The maximum Gasteiger partial charge on any atom is 0.338 e. The summed E-state index contributed by atoms with van der Waals surface area (Å²) < 4.78 is 16.8. The zero-order valence-electron chi connectivity index (χ0n) is 14.7. The first-order valence-corrected chi connectivity index (χ1v) is 9.70. The normalized spacial score (nSPS) is 13.3. The van der Waals surface area contributed by atoms with E-state index in [1.54, 1.807) is 37.4 Å². The van der Waals surface area contributed by atoms with E-state index in [0.717, 1.165) is 16.6 Å². The third kappa shape index (κ3) is 3.46. The van der Waals surface area contributed by atoms with Crippen LogP contribution in [-0.2, 0) is 15.5 Å². The quantitative estimate of drug-likeness (QED) is 0.550. The molecule has 0 aliphatic rings. The summed E-state index contributed by atoms with van der Waals surface area (Å²) in [6.07, 6.45) is 0.651. The molecule has 0 saturated carbocycles. The van der Waals surface area contributed by atoms with Crippen LogP contribution >= 0.6 is 0 Å². The molecule has 1 aromatic heterocycles. The second kappa shape index (κ2) is 7.25. The van der Waals surface area contributed by atoms with Crippen LogP contribution in [0.1, 0.15) is 33.3 Å². The number of H-pyrrole nitrogens is 1. The van der Waals surface area contributed by atoms with E-state index in [-0.39, 0.29) is 5.78 Å². The number of aryl methyl sites for hydroxylation is 1. The molecule has 5 nitrogen and oxygen atoms in total. The van der Waals surface area contributed by atoms with E-state index in [1.807, 2.05) is 31.2 Å². The largest absolute Gasteiger partial charge is 0.451 e. The molecule has 0 bridgehead atoms. The maximum atomic E-state index is 12.8. The summed E-state index contributed by atoms with van der Waals surface area (Å²) in [5, 5.41) is 0.813. The number of ether oxygens (including phenoxy) is 1. The molecule has 3 rings (SSSR count). The maximum absolute atomic E-state index is 12.8. The van der Waals surface area contributed by atoms with Crippen LogP contribution in [0.3, 0.4) is 0 Å². The Kier molecular flexibility index (Phi) is 5.04. The number of aromatic amines is 1. The Morgan fingerprint density at radius 1 is 1.08 bits per heavy atom. The average molecular weight is 369 g/mol. The van der Waals surface area contributed by atoms with Crippen molar-refractivity contribution >= 4 is 33.5 Å². The van der Waals surface area contributed by atoms with Crippen LogP contribution in [0, 0.1) is 6.92 Å². The van der Waals surface area contributed by atoms with Gasteiger partial charge in [0.25, 0.3) is 0 Å². The fourth-order valence-electron chi connectivity index (χ4n) is 2.86. The van der Waals surface area contributed by atoms with Crippen LogP contribution < -0.4 is 0 Å². The second-order valence-corrected chi connectivity index (χ2v) is 7.44. The van der Waals surface area contributed by atoms with Crippen molar-refractivity contribution in [3.05, 3.63) is 65.4 Å². The van der Waals surface area contributed by atoms with Crippen LogP contribution in [0.5, 0.6) is 0 Å². The molecule has 0 spiro atoms. The molecular weight excluding hydrogens is 350 g/mol. The number of aromatic nitrogens is 1. The summed E-state index contributed by atoms with van der Waals surface area (Å²) >= 11 is 0. The molecule has 26 heavy (non-hydrogen) atoms. The van der Waals surface area contributed by atoms with Gasteiger partial charge in [-0.3, -0.25) is 9.00 Å². The Bertz CT molecular complexity index is 1000. The summed E-state index contributed by atoms with van der Waals surface area (Å²) in [7, 11) is -1.11. The number of ketones is 1. The van der Waals surface area contributed by atoms with Crippen molar-refractivity contribution in [2.45, 2.75) is 24.8 Å². The van der Waals surface area contributed by atoms with Crippen LogP contribution in [0.2, 0.25) is 0 Å². The predicted octanol–water partition coefficient (Wildman–Crippen LogP) is 3.64. The molecule has 134 valence electrons. The van der Waals surface area contributed by atoms with Gasteiger partial charge in [-0.25, -0.2) is 4.79 Å². The number of fused-ring (bicyclic) bond motifs is 1. The van der Waals surface area contributed by atoms with Gasteiger partial charge in [0.15, 0.2) is 6.10 Å². The predicted molar refractivity (Wildman–Crippen MR) is 101 cm³/mol. The van der Waals surface area contributed by atoms with Crippen molar-refractivity contribution in [1.29, 1.82) is 0 Å². The van der Waals surface area contributed by atoms with Crippen LogP contribution in [0.4, 0.5) is 0 Å². The Balaban J connectivity index is 1.79. The molecule has 0 fully saturated rings. The number of esters is 1. The molecule has 0 radical (unpaired) electrons. The van der Waals surface area contributed by atoms with Gasteiger partial charge in [-0.15, -0.1) is 0 Å². The molecule has 2 aromatic carbocycles. The van der Waals surface area contributed by atoms with E-state index in [9.17, 15) is 13.8 Å². The van der Waals surface area contributed by atoms with E-state index in [0.29, 0.717) is 16.0 Å². The highest BCUT2D eigenvalue weighted by atomic mass is 32.2. The zero-order chi connectivity index (χ0) is 18.8. The topological polar surface area (TPSA) is 76.2 Å². The Labute approximate surface area is 153 Å². The number of Topliss-reactive ketones (excluding diaryl/α,β-unsaturated/α-hetero) is 1. The van der Waals surface area contributed by atoms with Gasteiger partial charge in [0.05, 0.1) is 5.56 Å². The van der Waals surface area contributed by atoms with Crippen molar-refractivity contribution in [3.8, 4) is 0 Å². The third-order valence-corrected chi connectivity index (χ3v) is 5.15. The van der Waals surface area contributed by atoms with Crippen molar-refractivity contribution in [3.63, 3.8) is 0 Å². The summed E-state index contributed by atoms with van der Waals surface area (Å²) in [4.78, 5) is 28.9. The molecule has 3 aromatic rings. The molecule has 6 heteroatoms. The average Bonchev–Trinajstić information content (AvgIpc) is 2.96. The SMILES string of the molecule is Cc1[nH]c2ccccc2c1C(=O)[C@@H](C)OC(=O)c1ccc([S@](C)=O)cc1. The number of rotatable bonds is 5. The van der Waals surface area contributed by atoms with Gasteiger partial charge in [0, 0.05) is 44.1 Å². The highest BCUT2D eigenvalue weighted by Crippen LogP contribution is 2.24. The second-order valence-electron chi connectivity index (χ2n) is 6.06. The van der Waals surface area contributed by atoms with Crippen molar-refractivity contribution < 1.29 is 18.5 Å². The highest BCUT2D eigenvalue weighted by molar-refractivity contribution is 7.84. The molecular formula is C20H19NO4S. The molecule has 0 aliphatic heterocycles. The third-order valence-electron chi connectivity index (χ3n) is 4.21. The molecule has 0 unspecified atom stereocenters. The van der Waals surface area contributed by atoms with Gasteiger partial charge in [-0.05, 0) is 44.2 Å². The van der Waals surface area contributed by atoms with E-state index in [2.05, 4.69) is 4.98 Å². The van der Waals surface area contributed by atoms with Gasteiger partial charge < -0.3 is 9.72 Å². The van der Waals surface area contributed by atoms with Gasteiger partial charge in [0.1, 0.15) is 0 Å². The van der Waals surface area contributed by atoms with Crippen LogP contribution in [0.15, 0.2) is 53.4 Å². The summed E-state index contributed by atoms with van der Waals surface area (Å²) in [6.45, 7) is 3.39. The van der Waals surface area contributed by atoms with Crippen LogP contribution in [-0.4, -0.2) is 33.3 Å². The molecule has 1 heterocycles. The van der Waals surface area contributed by atoms with Crippen molar-refractivity contribution in [1.82, 2.24) is 4.98 Å². The molecule has 0 saturated heterocycles. The van der Waals surface area contributed by atoms with Crippen LogP contribution in [0.25, 0.3) is 10.9 Å². The number of nitrogens with one attached hydrogen (secondary N) is 1. The lowest BCUT2D eigenvalue weighted by Crippen LogP contribution is -2.24. The molecule has 0 amide bonds. The lowest BCUT2D eigenvalue weighted by Gasteiger charge is -2.13. The minimum absolute atomic E-state index is 0.250. The lowest BCUT2D eigenvalue weighted by atomic mass is 10.0. The lowest BCUT2D eigenvalue weighted by molar-refractivity contribution is 0.0319. The molecule has 0 aliphatic carbocycles. The number of carbonyl (C=O) groups excluding carboxylic acids is 2. The van der Waals surface area contributed by atoms with E-state index < -0.39 is 22.9 Å². The van der Waals surface area contributed by atoms with Gasteiger partial charge in [-0.1, -0.05) is 18.2 Å². The monoisotopic (exact) mass is 369 g/mol. The highest BCUT2D eigenvalue weighted by Gasteiger charge is 2.24. The number of carbonyl (C=O) groups is 2. The van der Waals surface area contributed by atoms with Gasteiger partial charge in [-0.2, -0.15) is 0 Å². The Hall–Kier alpha value is -2.73. The number of para-hydroxylation sites is 1. The van der Waals surface area contributed by atoms with Gasteiger partial charge >= 0.3 is 5.97 Å². The first kappa shape index (κ1) is 18.1. The van der Waals surface area contributed by atoms with Crippen molar-refractivity contribution in [2.24, 2.45) is 0 Å². The smallest absolute Gasteiger partial charge is 0.338 e. The van der Waals surface area contributed by atoms with Gasteiger partial charge in [0.2, 0.25) is 5.78 Å². The summed E-state index contributed by atoms with van der Waals surface area (Å²) in [5.41, 5.74) is 2.47. The van der Waals surface area contributed by atoms with E-state index >= 15 is 0 Å². The zero-order valence-corrected chi connectivity index (χ0v) is 15.6.